The monoisotopic (exact) mass is 262 g/mol. The van der Waals surface area contributed by atoms with E-state index in [1.165, 1.54) is 12.8 Å². The van der Waals surface area contributed by atoms with Gasteiger partial charge >= 0.3 is 0 Å². The van der Waals surface area contributed by atoms with Gasteiger partial charge in [-0.15, -0.1) is 5.10 Å². The summed E-state index contributed by atoms with van der Waals surface area (Å²) in [5, 5.41) is 12.7. The highest BCUT2D eigenvalue weighted by Crippen LogP contribution is 2.19. The van der Waals surface area contributed by atoms with E-state index < -0.39 is 0 Å². The maximum Gasteiger partial charge on any atom is 0.214 e. The summed E-state index contributed by atoms with van der Waals surface area (Å²) in [5.74, 6) is 1.82. The molecule has 0 saturated carbocycles. The zero-order valence-corrected chi connectivity index (χ0v) is 11.6. The normalized spacial score (nSPS) is 11.1. The van der Waals surface area contributed by atoms with Crippen molar-refractivity contribution >= 4 is 11.8 Å². The molecule has 1 heterocycles. The second-order valence-electron chi connectivity index (χ2n) is 4.59. The molecule has 0 unspecified atom stereocenters. The van der Waals surface area contributed by atoms with Crippen LogP contribution in [-0.4, -0.2) is 26.0 Å². The van der Waals surface area contributed by atoms with Gasteiger partial charge in [0.15, 0.2) is 0 Å². The quantitative estimate of drug-likeness (QED) is 0.592. The van der Waals surface area contributed by atoms with Crippen molar-refractivity contribution in [3.05, 3.63) is 30.3 Å². The van der Waals surface area contributed by atoms with E-state index in [1.54, 1.807) is 16.4 Å². The maximum atomic E-state index is 4.07. The lowest BCUT2D eigenvalue weighted by Crippen LogP contribution is -1.99. The van der Waals surface area contributed by atoms with E-state index in [0.717, 1.165) is 22.5 Å². The average molecular weight is 262 g/mol. The minimum atomic E-state index is 0.760. The number of thioether (sulfide) groups is 1. The van der Waals surface area contributed by atoms with Crippen LogP contribution in [0.2, 0.25) is 0 Å². The van der Waals surface area contributed by atoms with Crippen LogP contribution >= 0.6 is 11.8 Å². The highest BCUT2D eigenvalue weighted by molar-refractivity contribution is 7.99. The number of hydrogen-bond acceptors (Lipinski definition) is 4. The van der Waals surface area contributed by atoms with Crippen LogP contribution in [0.25, 0.3) is 5.69 Å². The van der Waals surface area contributed by atoms with Crippen molar-refractivity contribution in [1.29, 1.82) is 0 Å². The molecule has 0 fully saturated rings. The smallest absolute Gasteiger partial charge is 0.188 e. The first-order valence-electron chi connectivity index (χ1n) is 6.24. The molecule has 0 spiro atoms. The van der Waals surface area contributed by atoms with E-state index in [1.807, 2.05) is 30.3 Å². The molecule has 1 aromatic carbocycles. The van der Waals surface area contributed by atoms with E-state index in [2.05, 4.69) is 29.4 Å². The topological polar surface area (TPSA) is 43.6 Å². The van der Waals surface area contributed by atoms with Gasteiger partial charge in [-0.3, -0.25) is 0 Å². The minimum Gasteiger partial charge on any atom is -0.188 e. The van der Waals surface area contributed by atoms with Crippen LogP contribution in [0.5, 0.6) is 0 Å². The Kier molecular flexibility index (Phi) is 4.75. The lowest BCUT2D eigenvalue weighted by Gasteiger charge is -2.05. The third-order valence-corrected chi connectivity index (χ3v) is 3.60. The minimum absolute atomic E-state index is 0.760. The lowest BCUT2D eigenvalue weighted by molar-refractivity contribution is 0.579. The van der Waals surface area contributed by atoms with Gasteiger partial charge in [0.2, 0.25) is 5.16 Å². The van der Waals surface area contributed by atoms with Gasteiger partial charge in [0.25, 0.3) is 0 Å². The molecule has 96 valence electrons. The molecular weight excluding hydrogens is 244 g/mol. The van der Waals surface area contributed by atoms with Crippen LogP contribution in [0.1, 0.15) is 26.7 Å². The standard InChI is InChI=1S/C13H18N4S/c1-11(2)7-6-10-18-13-14-15-16-17(13)12-8-4-3-5-9-12/h3-5,8-9,11H,6-7,10H2,1-2H3. The van der Waals surface area contributed by atoms with Gasteiger partial charge in [-0.1, -0.05) is 50.2 Å². The number of tetrazole rings is 1. The summed E-state index contributed by atoms with van der Waals surface area (Å²) < 4.78 is 1.79. The third kappa shape index (κ3) is 3.57. The molecule has 2 aromatic rings. The molecule has 1 aromatic heterocycles. The molecule has 0 aliphatic rings. The molecule has 5 heteroatoms. The summed E-state index contributed by atoms with van der Waals surface area (Å²) in [6, 6.07) is 9.99. The molecule has 2 rings (SSSR count). The molecule has 0 aliphatic heterocycles. The predicted molar refractivity (Wildman–Crippen MR) is 74.0 cm³/mol. The average Bonchev–Trinajstić information content (AvgIpc) is 2.84. The van der Waals surface area contributed by atoms with Crippen LogP contribution in [0, 0.1) is 5.92 Å². The zero-order chi connectivity index (χ0) is 12.8. The number of rotatable bonds is 6. The number of para-hydroxylation sites is 1. The van der Waals surface area contributed by atoms with Crippen LogP contribution in [0.15, 0.2) is 35.5 Å². The Morgan fingerprint density at radius 1 is 1.22 bits per heavy atom. The van der Waals surface area contributed by atoms with Gasteiger partial charge in [-0.05, 0) is 34.9 Å². The van der Waals surface area contributed by atoms with Gasteiger partial charge in [-0.2, -0.15) is 4.68 Å². The summed E-state index contributed by atoms with van der Waals surface area (Å²) in [4.78, 5) is 0. The van der Waals surface area contributed by atoms with Crippen molar-refractivity contribution in [2.45, 2.75) is 31.8 Å². The Morgan fingerprint density at radius 3 is 2.72 bits per heavy atom. The second kappa shape index (κ2) is 6.54. The summed E-state index contributed by atoms with van der Waals surface area (Å²) in [5.41, 5.74) is 1.01. The maximum absolute atomic E-state index is 4.07. The molecule has 0 atom stereocenters. The van der Waals surface area contributed by atoms with E-state index >= 15 is 0 Å². The van der Waals surface area contributed by atoms with E-state index in [4.69, 9.17) is 0 Å². The first kappa shape index (κ1) is 13.1. The Bertz CT molecular complexity index is 467. The molecule has 4 nitrogen and oxygen atoms in total. The van der Waals surface area contributed by atoms with Crippen molar-refractivity contribution in [2.24, 2.45) is 5.92 Å². The van der Waals surface area contributed by atoms with Crippen LogP contribution in [-0.2, 0) is 0 Å². The van der Waals surface area contributed by atoms with E-state index in [0.29, 0.717) is 0 Å². The molecule has 0 saturated heterocycles. The molecule has 0 amide bonds. The van der Waals surface area contributed by atoms with E-state index in [-0.39, 0.29) is 0 Å². The van der Waals surface area contributed by atoms with Crippen LogP contribution < -0.4 is 0 Å². The van der Waals surface area contributed by atoms with Crippen molar-refractivity contribution < 1.29 is 0 Å². The lowest BCUT2D eigenvalue weighted by atomic mass is 10.1. The first-order chi connectivity index (χ1) is 8.77. The summed E-state index contributed by atoms with van der Waals surface area (Å²) in [6.07, 6.45) is 2.45. The Labute approximate surface area is 112 Å². The zero-order valence-electron chi connectivity index (χ0n) is 10.8. The summed E-state index contributed by atoms with van der Waals surface area (Å²) in [6.45, 7) is 4.50. The molecule has 0 radical (unpaired) electrons. The fraction of sp³-hybridized carbons (Fsp3) is 0.462. The third-order valence-electron chi connectivity index (χ3n) is 2.60. The molecule has 0 N–H and O–H groups in total. The fourth-order valence-electron chi connectivity index (χ4n) is 1.66. The molecule has 0 aliphatic carbocycles. The summed E-state index contributed by atoms with van der Waals surface area (Å²) >= 11 is 1.72. The molecular formula is C13H18N4S. The summed E-state index contributed by atoms with van der Waals surface area (Å²) in [7, 11) is 0. The fourth-order valence-corrected chi connectivity index (χ4v) is 2.51. The largest absolute Gasteiger partial charge is 0.214 e. The van der Waals surface area contributed by atoms with Crippen molar-refractivity contribution in [3.63, 3.8) is 0 Å². The SMILES string of the molecule is CC(C)CCCSc1nnnn1-c1ccccc1. The van der Waals surface area contributed by atoms with Crippen molar-refractivity contribution in [2.75, 3.05) is 5.75 Å². The van der Waals surface area contributed by atoms with Crippen molar-refractivity contribution in [3.8, 4) is 5.69 Å². The Morgan fingerprint density at radius 2 is 2.00 bits per heavy atom. The molecule has 0 bridgehead atoms. The van der Waals surface area contributed by atoms with Gasteiger partial charge in [0, 0.05) is 5.75 Å². The number of hydrogen-bond donors (Lipinski definition) is 0. The highest BCUT2D eigenvalue weighted by Gasteiger charge is 2.08. The Hall–Kier alpha value is -1.36. The second-order valence-corrected chi connectivity index (χ2v) is 5.66. The van der Waals surface area contributed by atoms with Gasteiger partial charge < -0.3 is 0 Å². The molecule has 18 heavy (non-hydrogen) atoms. The Balaban J connectivity index is 1.96. The number of benzene rings is 1. The van der Waals surface area contributed by atoms with Crippen LogP contribution in [0.3, 0.4) is 0 Å². The number of aromatic nitrogens is 4. The van der Waals surface area contributed by atoms with Gasteiger partial charge in [0.1, 0.15) is 0 Å². The van der Waals surface area contributed by atoms with E-state index in [9.17, 15) is 0 Å². The predicted octanol–water partition coefficient (Wildman–Crippen LogP) is 3.19. The number of nitrogens with zero attached hydrogens (tertiary/aromatic N) is 4. The first-order valence-corrected chi connectivity index (χ1v) is 7.22. The highest BCUT2D eigenvalue weighted by atomic mass is 32.2. The van der Waals surface area contributed by atoms with Crippen LogP contribution in [0.4, 0.5) is 0 Å². The van der Waals surface area contributed by atoms with Gasteiger partial charge in [-0.25, -0.2) is 0 Å². The van der Waals surface area contributed by atoms with Crippen molar-refractivity contribution in [1.82, 2.24) is 20.2 Å². The van der Waals surface area contributed by atoms with Gasteiger partial charge in [0.05, 0.1) is 5.69 Å².